The second-order valence-electron chi connectivity index (χ2n) is 6.72. The molecule has 7 nitrogen and oxygen atoms in total. The number of unbranched alkanes of at least 4 members (excludes halogenated alkanes) is 1. The Morgan fingerprint density at radius 3 is 2.38 bits per heavy atom. The van der Waals surface area contributed by atoms with E-state index < -0.39 is 21.9 Å². The molecule has 0 aromatic heterocycles. The lowest BCUT2D eigenvalue weighted by molar-refractivity contribution is -0.114. The van der Waals surface area contributed by atoms with E-state index in [1.54, 1.807) is 42.5 Å². The first-order valence-corrected chi connectivity index (χ1v) is 11.2. The van der Waals surface area contributed by atoms with E-state index in [1.807, 2.05) is 19.9 Å². The highest BCUT2D eigenvalue weighted by Gasteiger charge is 2.21. The Kier molecular flexibility index (Phi) is 7.78. The Morgan fingerprint density at radius 1 is 1.10 bits per heavy atom. The molecule has 0 heterocycles. The quantitative estimate of drug-likeness (QED) is 0.498. The van der Waals surface area contributed by atoms with Crippen molar-refractivity contribution in [2.24, 2.45) is 0 Å². The average molecular weight is 419 g/mol. The van der Waals surface area contributed by atoms with Crippen LogP contribution in [0.1, 0.15) is 35.7 Å². The molecule has 0 spiro atoms. The topological polar surface area (TPSA) is 92.8 Å². The Balaban J connectivity index is 2.04. The van der Waals surface area contributed by atoms with E-state index in [0.717, 1.165) is 29.0 Å². The van der Waals surface area contributed by atoms with Crippen LogP contribution in [0.15, 0.2) is 48.5 Å². The van der Waals surface area contributed by atoms with Crippen LogP contribution in [-0.4, -0.2) is 39.7 Å². The first kappa shape index (κ1) is 22.4. The summed E-state index contributed by atoms with van der Waals surface area (Å²) in [5.41, 5.74) is 2.15. The largest absolute Gasteiger partial charge is 0.462 e. The van der Waals surface area contributed by atoms with Crippen LogP contribution < -0.4 is 9.62 Å². The molecular weight excluding hydrogens is 392 g/mol. The smallest absolute Gasteiger partial charge is 0.338 e. The highest BCUT2D eigenvalue weighted by Crippen LogP contribution is 2.19. The number of esters is 1. The molecule has 0 aliphatic rings. The van der Waals surface area contributed by atoms with Gasteiger partial charge in [-0.25, -0.2) is 13.2 Å². The molecule has 0 unspecified atom stereocenters. The first-order chi connectivity index (χ1) is 13.7. The third-order valence-electron chi connectivity index (χ3n) is 4.11. The molecule has 8 heteroatoms. The second kappa shape index (κ2) is 10.1. The number of rotatable bonds is 9. The van der Waals surface area contributed by atoms with Crippen LogP contribution in [0.25, 0.3) is 0 Å². The fourth-order valence-electron chi connectivity index (χ4n) is 2.60. The van der Waals surface area contributed by atoms with Gasteiger partial charge in [0.25, 0.3) is 0 Å². The van der Waals surface area contributed by atoms with Gasteiger partial charge in [0.1, 0.15) is 6.54 Å². The molecule has 0 fully saturated rings. The van der Waals surface area contributed by atoms with Crippen LogP contribution in [0, 0.1) is 6.92 Å². The lowest BCUT2D eigenvalue weighted by Gasteiger charge is -2.22. The van der Waals surface area contributed by atoms with Gasteiger partial charge in [0.15, 0.2) is 0 Å². The average Bonchev–Trinajstić information content (AvgIpc) is 2.66. The van der Waals surface area contributed by atoms with Crippen molar-refractivity contribution >= 4 is 33.3 Å². The summed E-state index contributed by atoms with van der Waals surface area (Å²) in [7, 11) is -3.64. The number of hydrogen-bond acceptors (Lipinski definition) is 5. The fraction of sp³-hybridized carbons (Fsp3) is 0.333. The highest BCUT2D eigenvalue weighted by atomic mass is 32.2. The van der Waals surface area contributed by atoms with Crippen molar-refractivity contribution in [3.8, 4) is 0 Å². The van der Waals surface area contributed by atoms with Crippen LogP contribution in [0.3, 0.4) is 0 Å². The lowest BCUT2D eigenvalue weighted by Crippen LogP contribution is -2.37. The maximum absolute atomic E-state index is 12.4. The van der Waals surface area contributed by atoms with Crippen molar-refractivity contribution in [1.82, 2.24) is 0 Å². The van der Waals surface area contributed by atoms with E-state index in [0.29, 0.717) is 23.5 Å². The summed E-state index contributed by atoms with van der Waals surface area (Å²) in [5, 5.41) is 2.65. The van der Waals surface area contributed by atoms with E-state index in [-0.39, 0.29) is 6.54 Å². The monoisotopic (exact) mass is 418 g/mol. The van der Waals surface area contributed by atoms with Crippen molar-refractivity contribution in [2.45, 2.75) is 26.7 Å². The zero-order chi connectivity index (χ0) is 21.4. The zero-order valence-corrected chi connectivity index (χ0v) is 17.7. The number of carbonyl (C=O) groups excluding carboxylic acids is 2. The normalized spacial score (nSPS) is 11.0. The maximum atomic E-state index is 12.4. The van der Waals surface area contributed by atoms with Crippen LogP contribution in [0.2, 0.25) is 0 Å². The van der Waals surface area contributed by atoms with E-state index >= 15 is 0 Å². The zero-order valence-electron chi connectivity index (χ0n) is 16.8. The molecule has 0 saturated carbocycles. The molecule has 0 radical (unpaired) electrons. The number of aryl methyl sites for hydroxylation is 1. The molecule has 0 atom stereocenters. The standard InChI is InChI=1S/C21H26N2O5S/c1-4-5-13-28-21(25)17-9-11-18(12-10-17)22-20(24)15-23(29(3,26)27)19-8-6-7-16(2)14-19/h6-12,14H,4-5,13,15H2,1-3H3,(H,22,24). The molecule has 1 N–H and O–H groups in total. The van der Waals surface area contributed by atoms with Gasteiger partial charge < -0.3 is 10.1 Å². The Bertz CT molecular complexity index is 955. The summed E-state index contributed by atoms with van der Waals surface area (Å²) < 4.78 is 30.5. The van der Waals surface area contributed by atoms with Crippen molar-refractivity contribution < 1.29 is 22.7 Å². The SMILES string of the molecule is CCCCOC(=O)c1ccc(NC(=O)CN(c2cccc(C)c2)S(C)(=O)=O)cc1. The van der Waals surface area contributed by atoms with Crippen molar-refractivity contribution in [3.05, 3.63) is 59.7 Å². The summed E-state index contributed by atoms with van der Waals surface area (Å²) >= 11 is 0. The summed E-state index contributed by atoms with van der Waals surface area (Å²) in [6.07, 6.45) is 2.80. The van der Waals surface area contributed by atoms with Gasteiger partial charge in [-0.1, -0.05) is 25.5 Å². The van der Waals surface area contributed by atoms with Gasteiger partial charge in [-0.2, -0.15) is 0 Å². The third kappa shape index (κ3) is 6.90. The molecule has 156 valence electrons. The summed E-state index contributed by atoms with van der Waals surface area (Å²) in [6.45, 7) is 3.87. The van der Waals surface area contributed by atoms with Crippen molar-refractivity contribution in [2.75, 3.05) is 29.0 Å². The number of sulfonamides is 1. The number of hydrogen-bond donors (Lipinski definition) is 1. The Labute approximate surface area is 171 Å². The van der Waals surface area contributed by atoms with Crippen LogP contribution in [0.4, 0.5) is 11.4 Å². The minimum atomic E-state index is -3.64. The van der Waals surface area contributed by atoms with Crippen LogP contribution >= 0.6 is 0 Å². The minimum absolute atomic E-state index is 0.358. The Morgan fingerprint density at radius 2 is 1.79 bits per heavy atom. The van der Waals surface area contributed by atoms with Gasteiger partial charge in [-0.3, -0.25) is 9.10 Å². The van der Waals surface area contributed by atoms with Gasteiger partial charge in [0.05, 0.1) is 24.1 Å². The fourth-order valence-corrected chi connectivity index (χ4v) is 3.44. The molecule has 2 rings (SSSR count). The van der Waals surface area contributed by atoms with E-state index in [2.05, 4.69) is 5.32 Å². The van der Waals surface area contributed by atoms with Gasteiger partial charge in [-0.15, -0.1) is 0 Å². The van der Waals surface area contributed by atoms with Crippen LogP contribution in [0.5, 0.6) is 0 Å². The van der Waals surface area contributed by atoms with Crippen LogP contribution in [-0.2, 0) is 19.6 Å². The number of benzene rings is 2. The van der Waals surface area contributed by atoms with Gasteiger partial charge in [0, 0.05) is 5.69 Å². The number of anilines is 2. The molecular formula is C21H26N2O5S. The molecule has 0 saturated heterocycles. The van der Waals surface area contributed by atoms with Gasteiger partial charge >= 0.3 is 5.97 Å². The first-order valence-electron chi connectivity index (χ1n) is 9.32. The lowest BCUT2D eigenvalue weighted by atomic mass is 10.2. The predicted molar refractivity (Wildman–Crippen MR) is 114 cm³/mol. The number of amides is 1. The van der Waals surface area contributed by atoms with Crippen molar-refractivity contribution in [3.63, 3.8) is 0 Å². The third-order valence-corrected chi connectivity index (χ3v) is 5.25. The van der Waals surface area contributed by atoms with Gasteiger partial charge in [0.2, 0.25) is 15.9 Å². The molecule has 0 aliphatic carbocycles. The number of nitrogens with zero attached hydrogens (tertiary/aromatic N) is 1. The molecule has 2 aromatic rings. The second-order valence-corrected chi connectivity index (χ2v) is 8.63. The van der Waals surface area contributed by atoms with Gasteiger partial charge in [-0.05, 0) is 55.3 Å². The highest BCUT2D eigenvalue weighted by molar-refractivity contribution is 7.92. The molecule has 0 bridgehead atoms. The van der Waals surface area contributed by atoms with Crippen molar-refractivity contribution in [1.29, 1.82) is 0 Å². The van der Waals surface area contributed by atoms with E-state index in [4.69, 9.17) is 4.74 Å². The molecule has 29 heavy (non-hydrogen) atoms. The molecule has 0 aliphatic heterocycles. The maximum Gasteiger partial charge on any atom is 0.338 e. The number of nitrogens with one attached hydrogen (secondary N) is 1. The minimum Gasteiger partial charge on any atom is -0.462 e. The number of carbonyl (C=O) groups is 2. The summed E-state index contributed by atoms with van der Waals surface area (Å²) in [4.78, 5) is 24.3. The van der Waals surface area contributed by atoms with E-state index in [1.165, 1.54) is 0 Å². The predicted octanol–water partition coefficient (Wildman–Crippen LogP) is 3.36. The van der Waals surface area contributed by atoms with E-state index in [9.17, 15) is 18.0 Å². The number of ether oxygens (including phenoxy) is 1. The molecule has 1 amide bonds. The summed E-state index contributed by atoms with van der Waals surface area (Å²) in [5.74, 6) is -0.908. The molecule has 2 aromatic carbocycles. The summed E-state index contributed by atoms with van der Waals surface area (Å²) in [6, 6.07) is 13.2. The Hall–Kier alpha value is -2.87.